The van der Waals surface area contributed by atoms with Crippen LogP contribution in [0.1, 0.15) is 57.1 Å². The third kappa shape index (κ3) is 5.34. The summed E-state index contributed by atoms with van der Waals surface area (Å²) in [5.41, 5.74) is 4.57. The summed E-state index contributed by atoms with van der Waals surface area (Å²) in [7, 11) is 0. The van der Waals surface area contributed by atoms with Gasteiger partial charge in [-0.3, -0.25) is 9.59 Å². The lowest BCUT2D eigenvalue weighted by Gasteiger charge is -2.38. The molecule has 1 fully saturated rings. The fourth-order valence-electron chi connectivity index (χ4n) is 5.40. The van der Waals surface area contributed by atoms with Crippen LogP contribution in [0.15, 0.2) is 48.5 Å². The van der Waals surface area contributed by atoms with E-state index in [9.17, 15) is 19.5 Å². The van der Waals surface area contributed by atoms with E-state index in [2.05, 4.69) is 29.6 Å². The Morgan fingerprint density at radius 2 is 1.66 bits per heavy atom. The van der Waals surface area contributed by atoms with Gasteiger partial charge < -0.3 is 20.1 Å². The van der Waals surface area contributed by atoms with Crippen molar-refractivity contribution < 1.29 is 24.2 Å². The first-order chi connectivity index (χ1) is 16.8. The molecule has 0 bridgehead atoms. The maximum Gasteiger partial charge on any atom is 0.407 e. The Balaban J connectivity index is 1.42. The van der Waals surface area contributed by atoms with Crippen LogP contribution < -0.4 is 5.32 Å². The number of hydrogen-bond donors (Lipinski definition) is 2. The molecule has 186 valence electrons. The van der Waals surface area contributed by atoms with Crippen molar-refractivity contribution in [3.63, 3.8) is 0 Å². The molecule has 35 heavy (non-hydrogen) atoms. The molecule has 7 heteroatoms. The van der Waals surface area contributed by atoms with Gasteiger partial charge in [-0.15, -0.1) is 0 Å². The molecule has 0 spiro atoms. The Morgan fingerprint density at radius 3 is 2.20 bits per heavy atom. The largest absolute Gasteiger partial charge is 0.481 e. The molecule has 2 aromatic carbocycles. The molecule has 2 N–H and O–H groups in total. The zero-order valence-electron chi connectivity index (χ0n) is 20.6. The molecule has 0 radical (unpaired) electrons. The van der Waals surface area contributed by atoms with Gasteiger partial charge in [0.15, 0.2) is 0 Å². The normalized spacial score (nSPS) is 20.2. The number of fused-ring (bicyclic) bond motifs is 3. The maximum atomic E-state index is 13.4. The van der Waals surface area contributed by atoms with Crippen LogP contribution in [0.5, 0.6) is 0 Å². The summed E-state index contributed by atoms with van der Waals surface area (Å²) in [6, 6.07) is 15.4. The third-order valence-electron chi connectivity index (χ3n) is 7.15. The maximum absolute atomic E-state index is 13.4. The Hall–Kier alpha value is -3.35. The Labute approximate surface area is 206 Å². The SMILES string of the molecule is CC(C)C[C@H](NC(=O)OCC1c2ccccc2-c2ccccc21)C(=O)N1CC[C@@H](C(=O)O)C[C@H]1C. The molecule has 2 aromatic rings. The van der Waals surface area contributed by atoms with Gasteiger partial charge in [0.05, 0.1) is 5.92 Å². The van der Waals surface area contributed by atoms with Gasteiger partial charge in [-0.1, -0.05) is 62.4 Å². The number of rotatable bonds is 7. The van der Waals surface area contributed by atoms with Gasteiger partial charge in [0, 0.05) is 18.5 Å². The van der Waals surface area contributed by atoms with E-state index < -0.39 is 24.0 Å². The average molecular weight is 479 g/mol. The molecule has 2 aliphatic rings. The minimum Gasteiger partial charge on any atom is -0.481 e. The fraction of sp³-hybridized carbons (Fsp3) is 0.464. The minimum absolute atomic E-state index is 0.0533. The molecule has 4 rings (SSSR count). The van der Waals surface area contributed by atoms with Crippen molar-refractivity contribution in [2.75, 3.05) is 13.2 Å². The van der Waals surface area contributed by atoms with Crippen LogP contribution in [-0.2, 0) is 14.3 Å². The number of carboxylic acid groups (broad SMARTS) is 1. The highest BCUT2D eigenvalue weighted by Crippen LogP contribution is 2.44. The molecular weight excluding hydrogens is 444 g/mol. The smallest absolute Gasteiger partial charge is 0.407 e. The zero-order chi connectivity index (χ0) is 25.1. The van der Waals surface area contributed by atoms with E-state index >= 15 is 0 Å². The number of carboxylic acids is 1. The molecule has 1 aliphatic heterocycles. The number of ether oxygens (including phenoxy) is 1. The molecule has 2 amide bonds. The minimum atomic E-state index is -0.820. The van der Waals surface area contributed by atoms with E-state index in [4.69, 9.17) is 4.74 Å². The molecule has 0 saturated carbocycles. The molecule has 1 saturated heterocycles. The number of aliphatic carboxylic acids is 1. The van der Waals surface area contributed by atoms with Gasteiger partial charge >= 0.3 is 12.1 Å². The van der Waals surface area contributed by atoms with Gasteiger partial charge in [-0.2, -0.15) is 0 Å². The number of carbonyl (C=O) groups is 3. The van der Waals surface area contributed by atoms with Crippen LogP contribution in [-0.4, -0.2) is 53.2 Å². The van der Waals surface area contributed by atoms with E-state index in [-0.39, 0.29) is 30.4 Å². The number of alkyl carbamates (subject to hydrolysis) is 1. The predicted molar refractivity (Wildman–Crippen MR) is 133 cm³/mol. The van der Waals surface area contributed by atoms with E-state index in [1.54, 1.807) is 4.90 Å². The number of piperidine rings is 1. The summed E-state index contributed by atoms with van der Waals surface area (Å²) in [5.74, 6) is -1.30. The van der Waals surface area contributed by atoms with E-state index in [1.807, 2.05) is 45.0 Å². The van der Waals surface area contributed by atoms with Crippen molar-refractivity contribution in [3.8, 4) is 11.1 Å². The summed E-state index contributed by atoms with van der Waals surface area (Å²) in [4.78, 5) is 39.3. The van der Waals surface area contributed by atoms with Crippen molar-refractivity contribution in [2.24, 2.45) is 11.8 Å². The lowest BCUT2D eigenvalue weighted by atomic mass is 9.90. The average Bonchev–Trinajstić information content (AvgIpc) is 3.15. The molecule has 0 unspecified atom stereocenters. The highest BCUT2D eigenvalue weighted by atomic mass is 16.5. The third-order valence-corrected chi connectivity index (χ3v) is 7.15. The van der Waals surface area contributed by atoms with Crippen molar-refractivity contribution >= 4 is 18.0 Å². The Bertz CT molecular complexity index is 1050. The second-order valence-electron chi connectivity index (χ2n) is 10.1. The predicted octanol–water partition coefficient (Wildman–Crippen LogP) is 4.65. The molecule has 1 aliphatic carbocycles. The lowest BCUT2D eigenvalue weighted by Crippen LogP contribution is -2.54. The van der Waals surface area contributed by atoms with Crippen molar-refractivity contribution in [3.05, 3.63) is 59.7 Å². The fourth-order valence-corrected chi connectivity index (χ4v) is 5.40. The molecule has 1 heterocycles. The molecule has 3 atom stereocenters. The van der Waals surface area contributed by atoms with Crippen LogP contribution in [0.3, 0.4) is 0 Å². The van der Waals surface area contributed by atoms with Gasteiger partial charge in [0.25, 0.3) is 0 Å². The number of amides is 2. The quantitative estimate of drug-likeness (QED) is 0.604. The monoisotopic (exact) mass is 478 g/mol. The summed E-state index contributed by atoms with van der Waals surface area (Å²) >= 11 is 0. The van der Waals surface area contributed by atoms with Crippen LogP contribution in [0, 0.1) is 11.8 Å². The number of carbonyl (C=O) groups excluding carboxylic acids is 2. The van der Waals surface area contributed by atoms with Crippen LogP contribution >= 0.6 is 0 Å². The first-order valence-electron chi connectivity index (χ1n) is 12.4. The van der Waals surface area contributed by atoms with Gasteiger partial charge in [-0.05, 0) is 54.4 Å². The highest BCUT2D eigenvalue weighted by molar-refractivity contribution is 5.86. The van der Waals surface area contributed by atoms with Crippen LogP contribution in [0.4, 0.5) is 4.79 Å². The van der Waals surface area contributed by atoms with Gasteiger partial charge in [-0.25, -0.2) is 4.79 Å². The van der Waals surface area contributed by atoms with E-state index in [0.29, 0.717) is 25.8 Å². The van der Waals surface area contributed by atoms with Crippen LogP contribution in [0.2, 0.25) is 0 Å². The number of likely N-dealkylation sites (tertiary alicyclic amines) is 1. The number of hydrogen-bond acceptors (Lipinski definition) is 4. The molecule has 7 nitrogen and oxygen atoms in total. The highest BCUT2D eigenvalue weighted by Gasteiger charge is 2.36. The zero-order valence-corrected chi connectivity index (χ0v) is 20.6. The van der Waals surface area contributed by atoms with Gasteiger partial charge in [0.1, 0.15) is 12.6 Å². The van der Waals surface area contributed by atoms with Crippen molar-refractivity contribution in [2.45, 2.75) is 58.0 Å². The van der Waals surface area contributed by atoms with E-state index in [1.165, 1.54) is 0 Å². The van der Waals surface area contributed by atoms with E-state index in [0.717, 1.165) is 22.3 Å². The topological polar surface area (TPSA) is 95.9 Å². The number of nitrogens with one attached hydrogen (secondary N) is 1. The standard InChI is InChI=1S/C28H34N2O5/c1-17(2)14-25(26(31)30-13-12-19(27(32)33)15-18(30)3)29-28(34)35-16-24-22-10-6-4-8-20(22)21-9-5-7-11-23(21)24/h4-11,17-19,24-25H,12-16H2,1-3H3,(H,29,34)(H,32,33)/t18-,19-,25+/m1/s1. The Kier molecular flexibility index (Phi) is 7.43. The second kappa shape index (κ2) is 10.5. The van der Waals surface area contributed by atoms with Crippen LogP contribution in [0.25, 0.3) is 11.1 Å². The second-order valence-corrected chi connectivity index (χ2v) is 10.1. The molecule has 0 aromatic heterocycles. The number of benzene rings is 2. The summed E-state index contributed by atoms with van der Waals surface area (Å²) in [6.07, 6.45) is 0.707. The lowest BCUT2D eigenvalue weighted by molar-refractivity contribution is -0.148. The van der Waals surface area contributed by atoms with Crippen molar-refractivity contribution in [1.29, 1.82) is 0 Å². The summed E-state index contributed by atoms with van der Waals surface area (Å²) in [6.45, 7) is 6.42. The first kappa shape index (κ1) is 24.8. The van der Waals surface area contributed by atoms with Gasteiger partial charge in [0.2, 0.25) is 5.91 Å². The Morgan fingerprint density at radius 1 is 1.06 bits per heavy atom. The summed E-state index contributed by atoms with van der Waals surface area (Å²) in [5, 5.41) is 12.1. The summed E-state index contributed by atoms with van der Waals surface area (Å²) < 4.78 is 5.67. The first-order valence-corrected chi connectivity index (χ1v) is 12.4. The molecular formula is C28H34N2O5. The van der Waals surface area contributed by atoms with Crippen molar-refractivity contribution in [1.82, 2.24) is 10.2 Å². The number of nitrogens with zero attached hydrogens (tertiary/aromatic N) is 1.